The first-order chi connectivity index (χ1) is 8.09. The van der Waals surface area contributed by atoms with E-state index in [0.717, 1.165) is 19.5 Å². The molecule has 1 saturated heterocycles. The number of carbonyl (C=O) groups is 1. The maximum Gasteiger partial charge on any atom is 0.239 e. The van der Waals surface area contributed by atoms with E-state index in [1.54, 1.807) is 4.90 Å². The van der Waals surface area contributed by atoms with Crippen LogP contribution in [-0.2, 0) is 11.3 Å². The van der Waals surface area contributed by atoms with Crippen molar-refractivity contribution in [3.05, 3.63) is 34.9 Å². The third-order valence-corrected chi connectivity index (χ3v) is 3.60. The van der Waals surface area contributed by atoms with E-state index in [1.165, 1.54) is 16.7 Å². The summed E-state index contributed by atoms with van der Waals surface area (Å²) < 4.78 is 0. The number of likely N-dealkylation sites (tertiary alicyclic amines) is 1. The van der Waals surface area contributed by atoms with Gasteiger partial charge in [-0.1, -0.05) is 18.2 Å². The lowest BCUT2D eigenvalue weighted by Crippen LogP contribution is -2.36. The highest BCUT2D eigenvalue weighted by atomic mass is 16.2. The maximum atomic E-state index is 11.8. The second kappa shape index (κ2) is 4.88. The Morgan fingerprint density at radius 2 is 2.00 bits per heavy atom. The third-order valence-electron chi connectivity index (χ3n) is 3.60. The molecule has 17 heavy (non-hydrogen) atoms. The summed E-state index contributed by atoms with van der Waals surface area (Å²) in [6.07, 6.45) is 0.917. The predicted molar refractivity (Wildman–Crippen MR) is 68.8 cm³/mol. The van der Waals surface area contributed by atoms with E-state index in [2.05, 4.69) is 37.4 Å². The summed E-state index contributed by atoms with van der Waals surface area (Å²) >= 11 is 0. The van der Waals surface area contributed by atoms with E-state index >= 15 is 0 Å². The summed E-state index contributed by atoms with van der Waals surface area (Å²) in [5.41, 5.74) is 3.89. The zero-order chi connectivity index (χ0) is 12.4. The lowest BCUT2D eigenvalue weighted by atomic mass is 10.0. The monoisotopic (exact) mass is 232 g/mol. The number of benzene rings is 1. The van der Waals surface area contributed by atoms with Crippen molar-refractivity contribution in [1.82, 2.24) is 10.2 Å². The number of hydrogen-bond acceptors (Lipinski definition) is 2. The van der Waals surface area contributed by atoms with Gasteiger partial charge in [0.15, 0.2) is 0 Å². The van der Waals surface area contributed by atoms with Crippen LogP contribution in [0.15, 0.2) is 18.2 Å². The molecule has 1 fully saturated rings. The number of aryl methyl sites for hydroxylation is 2. The predicted octanol–water partition coefficient (Wildman–Crippen LogP) is 1.62. The third kappa shape index (κ3) is 2.50. The van der Waals surface area contributed by atoms with E-state index < -0.39 is 0 Å². The van der Waals surface area contributed by atoms with E-state index in [4.69, 9.17) is 0 Å². The number of likely N-dealkylation sites (N-methyl/N-ethyl adjacent to an activating group) is 1. The Balaban J connectivity index is 2.01. The highest BCUT2D eigenvalue weighted by Gasteiger charge is 2.28. The number of carbonyl (C=O) groups excluding carboxylic acids is 1. The van der Waals surface area contributed by atoms with Crippen molar-refractivity contribution in [2.75, 3.05) is 13.6 Å². The Labute approximate surface area is 103 Å². The van der Waals surface area contributed by atoms with Crippen molar-refractivity contribution in [1.29, 1.82) is 0 Å². The molecule has 1 aliphatic rings. The van der Waals surface area contributed by atoms with Gasteiger partial charge < -0.3 is 10.2 Å². The molecule has 92 valence electrons. The molecule has 0 aromatic heterocycles. The highest BCUT2D eigenvalue weighted by molar-refractivity contribution is 5.83. The quantitative estimate of drug-likeness (QED) is 0.859. The molecule has 1 atom stereocenters. The van der Waals surface area contributed by atoms with Gasteiger partial charge in [-0.2, -0.15) is 0 Å². The molecule has 0 aliphatic carbocycles. The number of nitrogens with one attached hydrogen (secondary N) is 1. The molecule has 0 saturated carbocycles. The van der Waals surface area contributed by atoms with Crippen molar-refractivity contribution in [2.45, 2.75) is 32.9 Å². The summed E-state index contributed by atoms with van der Waals surface area (Å²) in [6, 6.07) is 6.31. The largest absolute Gasteiger partial charge is 0.344 e. The van der Waals surface area contributed by atoms with Crippen molar-refractivity contribution in [2.24, 2.45) is 0 Å². The molecule has 2 rings (SSSR count). The fourth-order valence-electron chi connectivity index (χ4n) is 2.36. The molecule has 0 bridgehead atoms. The topological polar surface area (TPSA) is 32.3 Å². The van der Waals surface area contributed by atoms with Gasteiger partial charge >= 0.3 is 0 Å². The molecule has 3 heteroatoms. The van der Waals surface area contributed by atoms with Gasteiger partial charge in [-0.15, -0.1) is 0 Å². The standard InChI is InChI=1S/C14H20N2O/c1-10-5-4-6-11(2)12(10)9-15-13-7-8-16(3)14(13)17/h4-6,13,15H,7-9H2,1-3H3. The zero-order valence-electron chi connectivity index (χ0n) is 10.8. The first-order valence-electron chi connectivity index (χ1n) is 6.13. The van der Waals surface area contributed by atoms with Crippen LogP contribution in [0.5, 0.6) is 0 Å². The summed E-state index contributed by atoms with van der Waals surface area (Å²) in [7, 11) is 1.86. The number of rotatable bonds is 3. The normalized spacial score (nSPS) is 20.1. The SMILES string of the molecule is Cc1cccc(C)c1CNC1CCN(C)C1=O. The van der Waals surface area contributed by atoms with Gasteiger partial charge in [-0.05, 0) is 37.0 Å². The summed E-state index contributed by atoms with van der Waals surface area (Å²) in [5, 5.41) is 3.37. The molecule has 1 unspecified atom stereocenters. The zero-order valence-corrected chi connectivity index (χ0v) is 10.8. The fraction of sp³-hybridized carbons (Fsp3) is 0.500. The molecule has 1 aliphatic heterocycles. The van der Waals surface area contributed by atoms with Gasteiger partial charge in [-0.25, -0.2) is 0 Å². The second-order valence-corrected chi connectivity index (χ2v) is 4.85. The minimum absolute atomic E-state index is 0.000920. The van der Waals surface area contributed by atoms with Crippen LogP contribution in [0, 0.1) is 13.8 Å². The number of amides is 1. The van der Waals surface area contributed by atoms with Crippen LogP contribution in [0.25, 0.3) is 0 Å². The van der Waals surface area contributed by atoms with Gasteiger partial charge in [0, 0.05) is 20.1 Å². The highest BCUT2D eigenvalue weighted by Crippen LogP contribution is 2.15. The first kappa shape index (κ1) is 12.1. The van der Waals surface area contributed by atoms with Crippen LogP contribution in [0.1, 0.15) is 23.1 Å². The van der Waals surface area contributed by atoms with E-state index in [9.17, 15) is 4.79 Å². The molecule has 1 N–H and O–H groups in total. The molecule has 1 aromatic carbocycles. The Kier molecular flexibility index (Phi) is 3.48. The molecule has 0 spiro atoms. The van der Waals surface area contributed by atoms with Gasteiger partial charge in [0.2, 0.25) is 5.91 Å². The summed E-state index contributed by atoms with van der Waals surface area (Å²) in [4.78, 5) is 13.6. The van der Waals surface area contributed by atoms with Crippen LogP contribution < -0.4 is 5.32 Å². The van der Waals surface area contributed by atoms with Crippen LogP contribution in [0.4, 0.5) is 0 Å². The maximum absolute atomic E-state index is 11.8. The number of hydrogen-bond donors (Lipinski definition) is 1. The second-order valence-electron chi connectivity index (χ2n) is 4.85. The molecular formula is C14H20N2O. The van der Waals surface area contributed by atoms with Crippen LogP contribution in [0.2, 0.25) is 0 Å². The molecule has 1 heterocycles. The van der Waals surface area contributed by atoms with Crippen molar-refractivity contribution < 1.29 is 4.79 Å². The molecular weight excluding hydrogens is 212 g/mol. The fourth-order valence-corrected chi connectivity index (χ4v) is 2.36. The molecule has 3 nitrogen and oxygen atoms in total. The molecule has 1 amide bonds. The van der Waals surface area contributed by atoms with E-state index in [1.807, 2.05) is 7.05 Å². The Morgan fingerprint density at radius 1 is 1.35 bits per heavy atom. The Hall–Kier alpha value is -1.35. The first-order valence-corrected chi connectivity index (χ1v) is 6.13. The van der Waals surface area contributed by atoms with Gasteiger partial charge in [0.05, 0.1) is 6.04 Å². The smallest absolute Gasteiger partial charge is 0.239 e. The van der Waals surface area contributed by atoms with Crippen LogP contribution in [0.3, 0.4) is 0 Å². The lowest BCUT2D eigenvalue weighted by molar-refractivity contribution is -0.128. The number of nitrogens with zero attached hydrogens (tertiary/aromatic N) is 1. The summed E-state index contributed by atoms with van der Waals surface area (Å²) in [5.74, 6) is 0.219. The van der Waals surface area contributed by atoms with E-state index in [0.29, 0.717) is 0 Å². The van der Waals surface area contributed by atoms with Gasteiger partial charge in [0.25, 0.3) is 0 Å². The van der Waals surface area contributed by atoms with Crippen molar-refractivity contribution in [3.8, 4) is 0 Å². The van der Waals surface area contributed by atoms with Gasteiger partial charge in [0.1, 0.15) is 0 Å². The Morgan fingerprint density at radius 3 is 2.53 bits per heavy atom. The van der Waals surface area contributed by atoms with Crippen LogP contribution >= 0.6 is 0 Å². The van der Waals surface area contributed by atoms with Crippen molar-refractivity contribution >= 4 is 5.91 Å². The average molecular weight is 232 g/mol. The molecule has 0 radical (unpaired) electrons. The lowest BCUT2D eigenvalue weighted by Gasteiger charge is -2.15. The van der Waals surface area contributed by atoms with E-state index in [-0.39, 0.29) is 11.9 Å². The van der Waals surface area contributed by atoms with Crippen LogP contribution in [-0.4, -0.2) is 30.4 Å². The minimum Gasteiger partial charge on any atom is -0.344 e. The average Bonchev–Trinajstić information content (AvgIpc) is 2.60. The van der Waals surface area contributed by atoms with Gasteiger partial charge in [-0.3, -0.25) is 4.79 Å². The Bertz CT molecular complexity index is 408. The molecule has 1 aromatic rings. The minimum atomic E-state index is -0.000920. The summed E-state index contributed by atoms with van der Waals surface area (Å²) in [6.45, 7) is 5.88. The van der Waals surface area contributed by atoms with Crippen molar-refractivity contribution in [3.63, 3.8) is 0 Å².